The van der Waals surface area contributed by atoms with Crippen molar-refractivity contribution in [3.63, 3.8) is 0 Å². The minimum atomic E-state index is -4.28. The molecule has 0 aromatic heterocycles. The summed E-state index contributed by atoms with van der Waals surface area (Å²) in [6.45, 7) is 2.13. The third-order valence-electron chi connectivity index (χ3n) is 5.41. The zero-order valence-corrected chi connectivity index (χ0v) is 19.3. The summed E-state index contributed by atoms with van der Waals surface area (Å²) in [4.78, 5) is 26.3. The lowest BCUT2D eigenvalue weighted by atomic mass is 9.99. The molecule has 1 heterocycles. The van der Waals surface area contributed by atoms with E-state index in [4.69, 9.17) is 21.1 Å². The fourth-order valence-corrected chi connectivity index (χ4v) is 6.05. The number of ether oxygens (including phenoxy) is 2. The summed E-state index contributed by atoms with van der Waals surface area (Å²) >= 11 is 6.16. The molecule has 11 heteroatoms. The summed E-state index contributed by atoms with van der Waals surface area (Å²) < 4.78 is 52.2. The van der Waals surface area contributed by atoms with Crippen molar-refractivity contribution < 1.29 is 31.9 Å². The second-order valence-corrected chi connectivity index (χ2v) is 9.97. The molecule has 2 aliphatic rings. The molecular weight excluding hydrogens is 463 g/mol. The summed E-state index contributed by atoms with van der Waals surface area (Å²) in [5.41, 5.74) is -0.0109. The van der Waals surface area contributed by atoms with Gasteiger partial charge in [0.05, 0.1) is 22.9 Å². The van der Waals surface area contributed by atoms with Gasteiger partial charge in [-0.3, -0.25) is 0 Å². The van der Waals surface area contributed by atoms with Gasteiger partial charge in [0.15, 0.2) is 6.73 Å². The van der Waals surface area contributed by atoms with E-state index in [0.717, 1.165) is 29.3 Å². The van der Waals surface area contributed by atoms with Gasteiger partial charge in [-0.15, -0.1) is 0 Å². The highest BCUT2D eigenvalue weighted by Crippen LogP contribution is 2.34. The Labute approximate surface area is 192 Å². The molecule has 3 rings (SSSR count). The van der Waals surface area contributed by atoms with Crippen LogP contribution in [0.1, 0.15) is 39.0 Å². The molecule has 1 aliphatic carbocycles. The number of sulfonamides is 1. The maximum absolute atomic E-state index is 13.7. The molecule has 1 fully saturated rings. The Balaban J connectivity index is 1.95. The van der Waals surface area contributed by atoms with Crippen LogP contribution in [0.2, 0.25) is 5.02 Å². The molecule has 0 bridgehead atoms. The van der Waals surface area contributed by atoms with Gasteiger partial charge in [-0.1, -0.05) is 17.7 Å². The maximum Gasteiger partial charge on any atom is 0.411 e. The van der Waals surface area contributed by atoms with Crippen LogP contribution >= 0.6 is 11.6 Å². The molecule has 0 saturated carbocycles. The zero-order chi connectivity index (χ0) is 23.3. The Morgan fingerprint density at radius 1 is 1.22 bits per heavy atom. The van der Waals surface area contributed by atoms with Gasteiger partial charge >= 0.3 is 12.1 Å². The standard InChI is InChI=1S/C21H26ClFN2O6S/c1-2-30-20(26)16-7-3-4-8-19(16)32(28,29)25(18-10-9-15(23)13-17(18)22)14-31-21(27)24-11-5-6-12-24/h7,9-10,13,19H,2-6,8,11-12,14H2,1H3. The van der Waals surface area contributed by atoms with Gasteiger partial charge in [0.2, 0.25) is 10.0 Å². The quantitative estimate of drug-likeness (QED) is 0.427. The topological polar surface area (TPSA) is 93.2 Å². The molecule has 1 amide bonds. The lowest BCUT2D eigenvalue weighted by Crippen LogP contribution is -2.44. The van der Waals surface area contributed by atoms with E-state index in [9.17, 15) is 22.4 Å². The number of anilines is 1. The van der Waals surface area contributed by atoms with Crippen molar-refractivity contribution in [1.82, 2.24) is 4.90 Å². The van der Waals surface area contributed by atoms with Gasteiger partial charge in [0, 0.05) is 13.1 Å². The molecule has 1 aromatic carbocycles. The van der Waals surface area contributed by atoms with Crippen LogP contribution in [0.25, 0.3) is 0 Å². The molecule has 1 aliphatic heterocycles. The van der Waals surface area contributed by atoms with Crippen molar-refractivity contribution in [2.24, 2.45) is 0 Å². The largest absolute Gasteiger partial charge is 0.463 e. The first kappa shape index (κ1) is 24.3. The number of hydrogen-bond donors (Lipinski definition) is 0. The fourth-order valence-electron chi connectivity index (χ4n) is 3.81. The van der Waals surface area contributed by atoms with Gasteiger partial charge in [-0.25, -0.2) is 26.7 Å². The summed E-state index contributed by atoms with van der Waals surface area (Å²) in [5.74, 6) is -1.35. The molecule has 0 radical (unpaired) electrons. The molecule has 0 N–H and O–H groups in total. The van der Waals surface area contributed by atoms with E-state index in [0.29, 0.717) is 25.9 Å². The van der Waals surface area contributed by atoms with Gasteiger partial charge in [-0.2, -0.15) is 0 Å². The molecule has 0 spiro atoms. The highest BCUT2D eigenvalue weighted by Gasteiger charge is 2.40. The van der Waals surface area contributed by atoms with E-state index >= 15 is 0 Å². The molecule has 1 unspecified atom stereocenters. The minimum absolute atomic E-state index is 0.0344. The lowest BCUT2D eigenvalue weighted by molar-refractivity contribution is -0.138. The highest BCUT2D eigenvalue weighted by molar-refractivity contribution is 7.93. The average molecular weight is 489 g/mol. The van der Waals surface area contributed by atoms with E-state index < -0.39 is 39.9 Å². The van der Waals surface area contributed by atoms with Crippen LogP contribution in [-0.2, 0) is 24.3 Å². The van der Waals surface area contributed by atoms with E-state index in [1.54, 1.807) is 13.0 Å². The summed E-state index contributed by atoms with van der Waals surface area (Å²) in [6, 6.07) is 3.25. The van der Waals surface area contributed by atoms with Crippen molar-refractivity contribution in [2.75, 3.05) is 30.7 Å². The number of halogens is 2. The predicted molar refractivity (Wildman–Crippen MR) is 117 cm³/mol. The molecular formula is C21H26ClFN2O6S. The van der Waals surface area contributed by atoms with Crippen molar-refractivity contribution in [3.8, 4) is 0 Å². The number of carbonyl (C=O) groups is 2. The van der Waals surface area contributed by atoms with Gasteiger partial charge in [-0.05, 0) is 57.2 Å². The Hall–Kier alpha value is -2.33. The second kappa shape index (κ2) is 10.5. The van der Waals surface area contributed by atoms with Crippen LogP contribution in [-0.4, -0.2) is 57.1 Å². The number of amides is 1. The smallest absolute Gasteiger partial charge is 0.411 e. The number of esters is 1. The van der Waals surface area contributed by atoms with Crippen molar-refractivity contribution >= 4 is 39.4 Å². The molecule has 1 saturated heterocycles. The third kappa shape index (κ3) is 5.35. The first-order valence-corrected chi connectivity index (χ1v) is 12.4. The van der Waals surface area contributed by atoms with E-state index in [2.05, 4.69) is 0 Å². The van der Waals surface area contributed by atoms with E-state index in [1.165, 1.54) is 11.0 Å². The third-order valence-corrected chi connectivity index (χ3v) is 7.84. The van der Waals surface area contributed by atoms with Crippen LogP contribution in [0.3, 0.4) is 0 Å². The SMILES string of the molecule is CCOC(=O)C1=CCCCC1S(=O)(=O)N(COC(=O)N1CCCC1)c1ccc(F)cc1Cl. The Morgan fingerprint density at radius 2 is 1.94 bits per heavy atom. The van der Waals surface area contributed by atoms with Crippen LogP contribution in [0, 0.1) is 5.82 Å². The number of allylic oxidation sites excluding steroid dienone is 1. The van der Waals surface area contributed by atoms with Crippen LogP contribution in [0.4, 0.5) is 14.9 Å². The van der Waals surface area contributed by atoms with E-state index in [-0.39, 0.29) is 29.3 Å². The van der Waals surface area contributed by atoms with Crippen molar-refractivity contribution in [1.29, 1.82) is 0 Å². The van der Waals surface area contributed by atoms with Crippen molar-refractivity contribution in [2.45, 2.75) is 44.3 Å². The molecule has 8 nitrogen and oxygen atoms in total. The summed E-state index contributed by atoms with van der Waals surface area (Å²) in [7, 11) is -4.28. The first-order chi connectivity index (χ1) is 15.3. The number of rotatable bonds is 7. The lowest BCUT2D eigenvalue weighted by Gasteiger charge is -2.31. The number of benzene rings is 1. The molecule has 1 atom stereocenters. The van der Waals surface area contributed by atoms with E-state index in [1.807, 2.05) is 0 Å². The average Bonchev–Trinajstić information content (AvgIpc) is 3.30. The van der Waals surface area contributed by atoms with Gasteiger partial charge < -0.3 is 14.4 Å². The molecule has 32 heavy (non-hydrogen) atoms. The number of hydrogen-bond acceptors (Lipinski definition) is 6. The Kier molecular flexibility index (Phi) is 8.00. The first-order valence-electron chi connectivity index (χ1n) is 10.5. The molecule has 176 valence electrons. The van der Waals surface area contributed by atoms with Gasteiger partial charge in [0.25, 0.3) is 0 Å². The van der Waals surface area contributed by atoms with Crippen molar-refractivity contribution in [3.05, 3.63) is 40.7 Å². The fraction of sp³-hybridized carbons (Fsp3) is 0.524. The van der Waals surface area contributed by atoms with Crippen LogP contribution in [0.5, 0.6) is 0 Å². The second-order valence-electron chi connectivity index (χ2n) is 7.52. The van der Waals surface area contributed by atoms with Crippen LogP contribution < -0.4 is 4.31 Å². The Bertz CT molecular complexity index is 994. The minimum Gasteiger partial charge on any atom is -0.463 e. The number of carbonyl (C=O) groups excluding carboxylic acids is 2. The predicted octanol–water partition coefficient (Wildman–Crippen LogP) is 3.85. The number of nitrogens with zero attached hydrogens (tertiary/aromatic N) is 2. The summed E-state index contributed by atoms with van der Waals surface area (Å²) in [6.07, 6.45) is 3.87. The highest BCUT2D eigenvalue weighted by atomic mass is 35.5. The summed E-state index contributed by atoms with van der Waals surface area (Å²) in [5, 5.41) is -1.37. The molecule has 1 aromatic rings. The van der Waals surface area contributed by atoms with Gasteiger partial charge in [0.1, 0.15) is 11.1 Å². The maximum atomic E-state index is 13.7. The van der Waals surface area contributed by atoms with Crippen LogP contribution in [0.15, 0.2) is 29.8 Å². The number of likely N-dealkylation sites (tertiary alicyclic amines) is 1. The zero-order valence-electron chi connectivity index (χ0n) is 17.8. The Morgan fingerprint density at radius 3 is 2.59 bits per heavy atom. The monoisotopic (exact) mass is 488 g/mol. The normalized spacial score (nSPS) is 18.8.